The second kappa shape index (κ2) is 8.35. The van der Waals surface area contributed by atoms with Crippen LogP contribution in [0.15, 0.2) is 52.7 Å². The van der Waals surface area contributed by atoms with Crippen LogP contribution in [0.3, 0.4) is 0 Å². The molecule has 3 rings (SSSR count). The van der Waals surface area contributed by atoms with Crippen LogP contribution in [0, 0.1) is 0 Å². The molecule has 2 heterocycles. The molecule has 1 aliphatic heterocycles. The number of benzene rings is 1. The van der Waals surface area contributed by atoms with Gasteiger partial charge in [0.25, 0.3) is 5.91 Å². The number of carbonyl (C=O) groups excluding carboxylic acids is 2. The van der Waals surface area contributed by atoms with Gasteiger partial charge in [0.2, 0.25) is 5.91 Å². The van der Waals surface area contributed by atoms with E-state index in [4.69, 9.17) is 0 Å². The lowest BCUT2D eigenvalue weighted by Crippen LogP contribution is -2.46. The van der Waals surface area contributed by atoms with Crippen LogP contribution in [0.25, 0.3) is 0 Å². The number of carbonyl (C=O) groups is 2. The van der Waals surface area contributed by atoms with E-state index in [2.05, 4.69) is 17.4 Å². The lowest BCUT2D eigenvalue weighted by atomic mass is 10.2. The van der Waals surface area contributed by atoms with Crippen LogP contribution in [0.5, 0.6) is 0 Å². The Morgan fingerprint density at radius 3 is 2.79 bits per heavy atom. The minimum Gasteiger partial charge on any atom is -0.353 e. The van der Waals surface area contributed by atoms with E-state index in [0.717, 1.165) is 18.6 Å². The van der Waals surface area contributed by atoms with Crippen molar-refractivity contribution in [2.45, 2.75) is 23.8 Å². The Bertz CT molecular complexity index is 674. The summed E-state index contributed by atoms with van der Waals surface area (Å²) in [6, 6.07) is 13.5. The molecule has 1 aliphatic rings. The second-order valence-corrected chi connectivity index (χ2v) is 7.70. The van der Waals surface area contributed by atoms with E-state index < -0.39 is 0 Å². The van der Waals surface area contributed by atoms with Gasteiger partial charge in [-0.1, -0.05) is 24.3 Å². The zero-order valence-corrected chi connectivity index (χ0v) is 14.9. The highest BCUT2D eigenvalue weighted by Gasteiger charge is 2.34. The molecule has 1 saturated heterocycles. The molecule has 0 saturated carbocycles. The standard InChI is InChI=1S/C18H20N2O2S2/c21-17(19-10-13-23-14-6-2-1-3-7-14)15-8-4-11-20(15)18(22)16-9-5-12-24-16/h1-3,5-7,9,12,15H,4,8,10-11,13H2,(H,19,21)/t15-/m0/s1. The number of thioether (sulfide) groups is 1. The molecule has 1 aromatic carbocycles. The lowest BCUT2D eigenvalue weighted by Gasteiger charge is -2.23. The van der Waals surface area contributed by atoms with Crippen molar-refractivity contribution in [1.82, 2.24) is 10.2 Å². The molecule has 0 radical (unpaired) electrons. The molecule has 0 bridgehead atoms. The first kappa shape index (κ1) is 17.0. The second-order valence-electron chi connectivity index (χ2n) is 5.59. The summed E-state index contributed by atoms with van der Waals surface area (Å²) in [4.78, 5) is 28.5. The van der Waals surface area contributed by atoms with Crippen LogP contribution in [-0.2, 0) is 4.79 Å². The molecule has 1 aromatic heterocycles. The largest absolute Gasteiger partial charge is 0.353 e. The summed E-state index contributed by atoms with van der Waals surface area (Å²) in [7, 11) is 0. The molecular weight excluding hydrogens is 340 g/mol. The SMILES string of the molecule is O=C(NCCSc1ccccc1)[C@@H]1CCCN1C(=O)c1cccs1. The number of hydrogen-bond donors (Lipinski definition) is 1. The summed E-state index contributed by atoms with van der Waals surface area (Å²) in [5.74, 6) is 0.758. The third-order valence-corrected chi connectivity index (χ3v) is 5.83. The molecule has 0 spiro atoms. The third kappa shape index (κ3) is 4.19. The quantitative estimate of drug-likeness (QED) is 0.635. The number of nitrogens with one attached hydrogen (secondary N) is 1. The normalized spacial score (nSPS) is 17.0. The Balaban J connectivity index is 1.48. The summed E-state index contributed by atoms with van der Waals surface area (Å²) < 4.78 is 0. The maximum atomic E-state index is 12.5. The van der Waals surface area contributed by atoms with Crippen molar-refractivity contribution in [3.63, 3.8) is 0 Å². The fourth-order valence-electron chi connectivity index (χ4n) is 2.80. The Morgan fingerprint density at radius 2 is 2.04 bits per heavy atom. The average Bonchev–Trinajstić information content (AvgIpc) is 3.30. The molecule has 24 heavy (non-hydrogen) atoms. The molecule has 4 nitrogen and oxygen atoms in total. The summed E-state index contributed by atoms with van der Waals surface area (Å²) in [5, 5.41) is 4.86. The van der Waals surface area contributed by atoms with Crippen molar-refractivity contribution >= 4 is 34.9 Å². The Morgan fingerprint density at radius 1 is 1.21 bits per heavy atom. The van der Waals surface area contributed by atoms with Crippen LogP contribution in [0.4, 0.5) is 0 Å². The van der Waals surface area contributed by atoms with E-state index in [0.29, 0.717) is 18.0 Å². The first-order chi connectivity index (χ1) is 11.8. The minimum absolute atomic E-state index is 0.0266. The van der Waals surface area contributed by atoms with Gasteiger partial charge in [-0.3, -0.25) is 9.59 Å². The van der Waals surface area contributed by atoms with Gasteiger partial charge in [-0.25, -0.2) is 0 Å². The maximum absolute atomic E-state index is 12.5. The highest BCUT2D eigenvalue weighted by Crippen LogP contribution is 2.22. The smallest absolute Gasteiger partial charge is 0.264 e. The highest BCUT2D eigenvalue weighted by atomic mass is 32.2. The minimum atomic E-state index is -0.332. The predicted octanol–water partition coefficient (Wildman–Crippen LogP) is 3.26. The first-order valence-corrected chi connectivity index (χ1v) is 9.92. The van der Waals surface area contributed by atoms with Crippen LogP contribution in [-0.4, -0.2) is 41.6 Å². The monoisotopic (exact) mass is 360 g/mol. The lowest BCUT2D eigenvalue weighted by molar-refractivity contribution is -0.124. The van der Waals surface area contributed by atoms with Gasteiger partial charge in [-0.2, -0.15) is 0 Å². The van der Waals surface area contributed by atoms with E-state index in [1.165, 1.54) is 16.2 Å². The first-order valence-electron chi connectivity index (χ1n) is 8.06. The van der Waals surface area contributed by atoms with Gasteiger partial charge in [-0.15, -0.1) is 23.1 Å². The molecule has 1 fully saturated rings. The molecular formula is C18H20N2O2S2. The molecule has 1 N–H and O–H groups in total. The topological polar surface area (TPSA) is 49.4 Å². The Kier molecular flexibility index (Phi) is 5.93. The number of nitrogens with zero attached hydrogens (tertiary/aromatic N) is 1. The third-order valence-electron chi connectivity index (χ3n) is 3.96. The molecule has 6 heteroatoms. The number of likely N-dealkylation sites (tertiary alicyclic amines) is 1. The van der Waals surface area contributed by atoms with Crippen LogP contribution >= 0.6 is 23.1 Å². The van der Waals surface area contributed by atoms with Gasteiger partial charge in [0.05, 0.1) is 4.88 Å². The molecule has 2 amide bonds. The molecule has 1 atom stereocenters. The maximum Gasteiger partial charge on any atom is 0.264 e. The zero-order valence-electron chi connectivity index (χ0n) is 13.3. The van der Waals surface area contributed by atoms with Crippen LogP contribution in [0.2, 0.25) is 0 Å². The summed E-state index contributed by atoms with van der Waals surface area (Å²) >= 11 is 3.14. The van der Waals surface area contributed by atoms with Crippen molar-refractivity contribution in [2.24, 2.45) is 0 Å². The van der Waals surface area contributed by atoms with E-state index >= 15 is 0 Å². The highest BCUT2D eigenvalue weighted by molar-refractivity contribution is 7.99. The summed E-state index contributed by atoms with van der Waals surface area (Å²) in [6.45, 7) is 1.27. The molecule has 0 aliphatic carbocycles. The van der Waals surface area contributed by atoms with E-state index in [1.807, 2.05) is 35.7 Å². The van der Waals surface area contributed by atoms with Crippen molar-refractivity contribution in [3.8, 4) is 0 Å². The van der Waals surface area contributed by atoms with Gasteiger partial charge < -0.3 is 10.2 Å². The van der Waals surface area contributed by atoms with E-state index in [-0.39, 0.29) is 17.9 Å². The van der Waals surface area contributed by atoms with Gasteiger partial charge >= 0.3 is 0 Å². The number of hydrogen-bond acceptors (Lipinski definition) is 4. The summed E-state index contributed by atoms with van der Waals surface area (Å²) in [5.41, 5.74) is 0. The van der Waals surface area contributed by atoms with E-state index in [9.17, 15) is 9.59 Å². The van der Waals surface area contributed by atoms with Gasteiger partial charge in [0, 0.05) is 23.7 Å². The van der Waals surface area contributed by atoms with Crippen LogP contribution in [0.1, 0.15) is 22.5 Å². The predicted molar refractivity (Wildman–Crippen MR) is 98.6 cm³/mol. The molecule has 0 unspecified atom stereocenters. The Labute approximate surface area is 150 Å². The molecule has 2 aromatic rings. The molecule has 126 valence electrons. The van der Waals surface area contributed by atoms with Gasteiger partial charge in [-0.05, 0) is 36.4 Å². The van der Waals surface area contributed by atoms with Crippen LogP contribution < -0.4 is 5.32 Å². The average molecular weight is 361 g/mol. The number of thiophene rings is 1. The summed E-state index contributed by atoms with van der Waals surface area (Å²) in [6.07, 6.45) is 1.63. The number of amides is 2. The zero-order chi connectivity index (χ0) is 16.8. The Hall–Kier alpha value is -1.79. The fraction of sp³-hybridized carbons (Fsp3) is 0.333. The fourth-order valence-corrected chi connectivity index (χ4v) is 4.27. The van der Waals surface area contributed by atoms with Crippen molar-refractivity contribution in [2.75, 3.05) is 18.8 Å². The van der Waals surface area contributed by atoms with Crippen molar-refractivity contribution < 1.29 is 9.59 Å². The van der Waals surface area contributed by atoms with Gasteiger partial charge in [0.1, 0.15) is 6.04 Å². The van der Waals surface area contributed by atoms with Gasteiger partial charge in [0.15, 0.2) is 0 Å². The van der Waals surface area contributed by atoms with Crippen molar-refractivity contribution in [3.05, 3.63) is 52.7 Å². The number of rotatable bonds is 6. The van der Waals surface area contributed by atoms with Crippen molar-refractivity contribution in [1.29, 1.82) is 0 Å². The van der Waals surface area contributed by atoms with E-state index in [1.54, 1.807) is 16.7 Å².